The number of thioether (sulfide) groups is 2. The third-order valence-electron chi connectivity index (χ3n) is 3.75. The standard InChI is InChI=1S/C12H22S2/c1-9(2)11-5-4-10(3)8-12(11)13-6-7-14-12/h9-11H,4-8H2,1-3H3/t10-,11+/m1/s1. The Labute approximate surface area is 97.0 Å². The van der Waals surface area contributed by atoms with E-state index in [9.17, 15) is 0 Å². The van der Waals surface area contributed by atoms with E-state index >= 15 is 0 Å². The van der Waals surface area contributed by atoms with Crippen LogP contribution in [-0.2, 0) is 0 Å². The fourth-order valence-electron chi connectivity index (χ4n) is 3.07. The molecule has 1 heterocycles. The summed E-state index contributed by atoms with van der Waals surface area (Å²) in [5.74, 6) is 5.58. The molecule has 0 unspecified atom stereocenters. The van der Waals surface area contributed by atoms with Crippen molar-refractivity contribution in [3.05, 3.63) is 0 Å². The summed E-state index contributed by atoms with van der Waals surface area (Å²) in [5, 5.41) is 0. The minimum absolute atomic E-state index is 0.617. The Kier molecular flexibility index (Phi) is 3.43. The van der Waals surface area contributed by atoms with E-state index in [1.807, 2.05) is 0 Å². The zero-order valence-electron chi connectivity index (χ0n) is 9.58. The van der Waals surface area contributed by atoms with Gasteiger partial charge in [-0.3, -0.25) is 0 Å². The molecular formula is C12H22S2. The Morgan fingerprint density at radius 3 is 2.36 bits per heavy atom. The molecule has 0 radical (unpaired) electrons. The fraction of sp³-hybridized carbons (Fsp3) is 1.00. The molecule has 2 atom stereocenters. The normalized spacial score (nSPS) is 36.9. The van der Waals surface area contributed by atoms with Crippen molar-refractivity contribution in [2.24, 2.45) is 17.8 Å². The summed E-state index contributed by atoms with van der Waals surface area (Å²) < 4.78 is 0.617. The Balaban J connectivity index is 2.14. The zero-order chi connectivity index (χ0) is 10.2. The van der Waals surface area contributed by atoms with E-state index in [-0.39, 0.29) is 0 Å². The second-order valence-corrected chi connectivity index (χ2v) is 8.36. The molecule has 2 heteroatoms. The smallest absolute Gasteiger partial charge is 0.0644 e. The third kappa shape index (κ3) is 1.97. The Morgan fingerprint density at radius 2 is 1.79 bits per heavy atom. The van der Waals surface area contributed by atoms with Crippen molar-refractivity contribution in [2.45, 2.75) is 44.1 Å². The average molecular weight is 230 g/mol. The molecule has 0 aromatic heterocycles. The third-order valence-corrected chi connectivity index (χ3v) is 7.45. The molecular weight excluding hydrogens is 208 g/mol. The van der Waals surface area contributed by atoms with Gasteiger partial charge >= 0.3 is 0 Å². The molecule has 2 aliphatic rings. The SMILES string of the molecule is CC(C)[C@@H]1CC[C@@H](C)CC12SCCS2. The lowest BCUT2D eigenvalue weighted by molar-refractivity contribution is 0.228. The van der Waals surface area contributed by atoms with Gasteiger partial charge in [-0.05, 0) is 30.6 Å². The van der Waals surface area contributed by atoms with Crippen molar-refractivity contribution in [2.75, 3.05) is 11.5 Å². The predicted octanol–water partition coefficient (Wildman–Crippen LogP) is 4.25. The fourth-order valence-corrected chi connectivity index (χ4v) is 7.27. The predicted molar refractivity (Wildman–Crippen MR) is 69.0 cm³/mol. The van der Waals surface area contributed by atoms with E-state index in [1.54, 1.807) is 0 Å². The van der Waals surface area contributed by atoms with Crippen molar-refractivity contribution in [1.82, 2.24) is 0 Å². The van der Waals surface area contributed by atoms with Gasteiger partial charge in [0.25, 0.3) is 0 Å². The van der Waals surface area contributed by atoms with Crippen LogP contribution in [0.5, 0.6) is 0 Å². The van der Waals surface area contributed by atoms with Crippen molar-refractivity contribution in [3.8, 4) is 0 Å². The molecule has 1 aliphatic carbocycles. The van der Waals surface area contributed by atoms with Crippen LogP contribution in [0.1, 0.15) is 40.0 Å². The van der Waals surface area contributed by atoms with Gasteiger partial charge in [0.1, 0.15) is 0 Å². The molecule has 0 nitrogen and oxygen atoms in total. The number of rotatable bonds is 1. The van der Waals surface area contributed by atoms with Gasteiger partial charge in [0, 0.05) is 11.5 Å². The largest absolute Gasteiger partial charge is 0.143 e. The summed E-state index contributed by atoms with van der Waals surface area (Å²) in [6.45, 7) is 7.28. The lowest BCUT2D eigenvalue weighted by atomic mass is 9.76. The summed E-state index contributed by atoms with van der Waals surface area (Å²) in [5.41, 5.74) is 0. The van der Waals surface area contributed by atoms with Gasteiger partial charge in [0.15, 0.2) is 0 Å². The van der Waals surface area contributed by atoms with E-state index in [0.717, 1.165) is 17.8 Å². The molecule has 1 saturated carbocycles. The summed E-state index contributed by atoms with van der Waals surface area (Å²) in [4.78, 5) is 0. The van der Waals surface area contributed by atoms with Crippen molar-refractivity contribution in [1.29, 1.82) is 0 Å². The Morgan fingerprint density at radius 1 is 1.14 bits per heavy atom. The van der Waals surface area contributed by atoms with Crippen LogP contribution in [0, 0.1) is 17.8 Å². The number of hydrogen-bond donors (Lipinski definition) is 0. The Bertz CT molecular complexity index is 194. The topological polar surface area (TPSA) is 0 Å². The summed E-state index contributed by atoms with van der Waals surface area (Å²) in [6.07, 6.45) is 4.40. The second-order valence-electron chi connectivity index (χ2n) is 5.25. The van der Waals surface area contributed by atoms with Gasteiger partial charge in [-0.15, -0.1) is 23.5 Å². The minimum atomic E-state index is 0.617. The maximum Gasteiger partial charge on any atom is 0.0644 e. The van der Waals surface area contributed by atoms with Gasteiger partial charge in [-0.25, -0.2) is 0 Å². The first kappa shape index (κ1) is 11.2. The lowest BCUT2D eigenvalue weighted by Gasteiger charge is -2.44. The van der Waals surface area contributed by atoms with Crippen molar-refractivity contribution < 1.29 is 0 Å². The van der Waals surface area contributed by atoms with Gasteiger partial charge in [0.05, 0.1) is 4.08 Å². The van der Waals surface area contributed by atoms with Gasteiger partial charge in [0.2, 0.25) is 0 Å². The summed E-state index contributed by atoms with van der Waals surface area (Å²) in [7, 11) is 0. The molecule has 82 valence electrons. The second kappa shape index (κ2) is 4.29. The monoisotopic (exact) mass is 230 g/mol. The highest BCUT2D eigenvalue weighted by molar-refractivity contribution is 8.21. The van der Waals surface area contributed by atoms with Crippen molar-refractivity contribution in [3.63, 3.8) is 0 Å². The molecule has 2 rings (SSSR count). The highest BCUT2D eigenvalue weighted by atomic mass is 32.2. The summed E-state index contributed by atoms with van der Waals surface area (Å²) >= 11 is 4.54. The first-order valence-electron chi connectivity index (χ1n) is 5.92. The maximum absolute atomic E-state index is 2.44. The van der Waals surface area contributed by atoms with E-state index in [4.69, 9.17) is 0 Å². The van der Waals surface area contributed by atoms with E-state index in [2.05, 4.69) is 44.3 Å². The average Bonchev–Trinajstić information content (AvgIpc) is 2.52. The van der Waals surface area contributed by atoms with E-state index in [1.165, 1.54) is 30.8 Å². The van der Waals surface area contributed by atoms with Crippen LogP contribution < -0.4 is 0 Å². The van der Waals surface area contributed by atoms with Crippen LogP contribution in [0.4, 0.5) is 0 Å². The zero-order valence-corrected chi connectivity index (χ0v) is 11.2. The Hall–Kier alpha value is 0.700. The first-order chi connectivity index (χ1) is 6.64. The van der Waals surface area contributed by atoms with Crippen LogP contribution in [0.2, 0.25) is 0 Å². The van der Waals surface area contributed by atoms with Gasteiger partial charge in [-0.1, -0.05) is 27.2 Å². The molecule has 1 aliphatic heterocycles. The molecule has 0 aromatic rings. The number of hydrogen-bond acceptors (Lipinski definition) is 2. The maximum atomic E-state index is 2.44. The lowest BCUT2D eigenvalue weighted by Crippen LogP contribution is -2.38. The van der Waals surface area contributed by atoms with Crippen LogP contribution in [0.3, 0.4) is 0 Å². The molecule has 0 aromatic carbocycles. The minimum Gasteiger partial charge on any atom is -0.143 e. The molecule has 1 saturated heterocycles. The highest BCUT2D eigenvalue weighted by Crippen LogP contribution is 2.58. The van der Waals surface area contributed by atoms with Gasteiger partial charge in [-0.2, -0.15) is 0 Å². The molecule has 0 N–H and O–H groups in total. The quantitative estimate of drug-likeness (QED) is 0.660. The molecule has 2 fully saturated rings. The first-order valence-corrected chi connectivity index (χ1v) is 7.89. The van der Waals surface area contributed by atoms with Crippen LogP contribution in [-0.4, -0.2) is 15.6 Å². The van der Waals surface area contributed by atoms with Crippen LogP contribution >= 0.6 is 23.5 Å². The van der Waals surface area contributed by atoms with Crippen LogP contribution in [0.15, 0.2) is 0 Å². The molecule has 1 spiro atoms. The van der Waals surface area contributed by atoms with Crippen LogP contribution in [0.25, 0.3) is 0 Å². The van der Waals surface area contributed by atoms with Gasteiger partial charge < -0.3 is 0 Å². The van der Waals surface area contributed by atoms with Crippen molar-refractivity contribution >= 4 is 23.5 Å². The molecule has 14 heavy (non-hydrogen) atoms. The molecule has 0 amide bonds. The van der Waals surface area contributed by atoms with E-state index in [0.29, 0.717) is 4.08 Å². The van der Waals surface area contributed by atoms with E-state index < -0.39 is 0 Å². The molecule has 0 bridgehead atoms. The highest BCUT2D eigenvalue weighted by Gasteiger charge is 2.47. The summed E-state index contributed by atoms with van der Waals surface area (Å²) in [6, 6.07) is 0.